The Morgan fingerprint density at radius 1 is 1.12 bits per heavy atom. The zero-order valence-electron chi connectivity index (χ0n) is 18.4. The number of aromatic hydroxyl groups is 1. The van der Waals surface area contributed by atoms with Crippen molar-refractivity contribution >= 4 is 40.3 Å². The van der Waals surface area contributed by atoms with Crippen molar-refractivity contribution in [3.05, 3.63) is 90.8 Å². The number of amides is 1. The predicted molar refractivity (Wildman–Crippen MR) is 136 cm³/mol. The Morgan fingerprint density at radius 2 is 1.94 bits per heavy atom. The summed E-state index contributed by atoms with van der Waals surface area (Å²) in [6.07, 6.45) is 3.24. The molecule has 1 aromatic heterocycles. The molecule has 172 valence electrons. The Labute approximate surface area is 201 Å². The number of hydrogen-bond acceptors (Lipinski definition) is 7. The molecule has 0 bridgehead atoms. The minimum absolute atomic E-state index is 0.128. The predicted octanol–water partition coefficient (Wildman–Crippen LogP) is 4.18. The summed E-state index contributed by atoms with van der Waals surface area (Å²) in [7, 11) is 0. The van der Waals surface area contributed by atoms with Crippen molar-refractivity contribution in [1.82, 2.24) is 20.2 Å². The van der Waals surface area contributed by atoms with E-state index < -0.39 is 0 Å². The summed E-state index contributed by atoms with van der Waals surface area (Å²) < 4.78 is 1.93. The van der Waals surface area contributed by atoms with E-state index in [1.807, 2.05) is 28.8 Å². The first kappa shape index (κ1) is 23.1. The normalized spacial score (nSPS) is 11.1. The van der Waals surface area contributed by atoms with Gasteiger partial charge in [0.15, 0.2) is 11.0 Å². The van der Waals surface area contributed by atoms with Crippen LogP contribution in [0.3, 0.4) is 0 Å². The molecular formula is C25H24N6O2S. The highest BCUT2D eigenvalue weighted by molar-refractivity contribution is 7.99. The first-order valence-electron chi connectivity index (χ1n) is 10.6. The van der Waals surface area contributed by atoms with Gasteiger partial charge >= 0.3 is 0 Å². The van der Waals surface area contributed by atoms with Crippen molar-refractivity contribution in [3.8, 4) is 5.75 Å². The fourth-order valence-corrected chi connectivity index (χ4v) is 4.13. The molecule has 1 amide bonds. The van der Waals surface area contributed by atoms with Crippen molar-refractivity contribution in [3.63, 3.8) is 0 Å². The van der Waals surface area contributed by atoms with Crippen molar-refractivity contribution in [1.29, 1.82) is 0 Å². The molecule has 0 aliphatic heterocycles. The van der Waals surface area contributed by atoms with Crippen LogP contribution >= 0.6 is 11.8 Å². The zero-order valence-corrected chi connectivity index (χ0v) is 19.2. The van der Waals surface area contributed by atoms with E-state index in [-0.39, 0.29) is 17.4 Å². The Morgan fingerprint density at radius 3 is 2.79 bits per heavy atom. The van der Waals surface area contributed by atoms with E-state index >= 15 is 0 Å². The van der Waals surface area contributed by atoms with Crippen molar-refractivity contribution in [2.24, 2.45) is 5.10 Å². The monoisotopic (exact) mass is 472 g/mol. The van der Waals surface area contributed by atoms with Gasteiger partial charge in [-0.15, -0.1) is 16.8 Å². The van der Waals surface area contributed by atoms with E-state index in [2.05, 4.69) is 50.8 Å². The summed E-state index contributed by atoms with van der Waals surface area (Å²) >= 11 is 1.28. The Kier molecular flexibility index (Phi) is 7.56. The number of hydrazone groups is 1. The first-order valence-corrected chi connectivity index (χ1v) is 11.6. The maximum Gasteiger partial charge on any atom is 0.250 e. The van der Waals surface area contributed by atoms with Crippen LogP contribution in [0, 0.1) is 0 Å². The Bertz CT molecular complexity index is 1330. The van der Waals surface area contributed by atoms with Gasteiger partial charge in [-0.05, 0) is 29.1 Å². The highest BCUT2D eigenvalue weighted by atomic mass is 32.2. The van der Waals surface area contributed by atoms with E-state index in [0.717, 1.165) is 22.3 Å². The van der Waals surface area contributed by atoms with E-state index in [1.54, 1.807) is 30.3 Å². The van der Waals surface area contributed by atoms with Gasteiger partial charge < -0.3 is 15.0 Å². The lowest BCUT2D eigenvalue weighted by Crippen LogP contribution is -2.20. The number of phenolic OH excluding ortho intramolecular Hbond substituents is 1. The van der Waals surface area contributed by atoms with Crippen LogP contribution in [0.15, 0.2) is 89.6 Å². The average Bonchev–Trinajstić information content (AvgIpc) is 3.23. The topological polar surface area (TPSA) is 104 Å². The summed E-state index contributed by atoms with van der Waals surface area (Å²) in [6, 6.07) is 20.9. The van der Waals surface area contributed by atoms with Gasteiger partial charge in [0.05, 0.1) is 18.5 Å². The first-order chi connectivity index (χ1) is 16.6. The lowest BCUT2D eigenvalue weighted by Gasteiger charge is -2.11. The van der Waals surface area contributed by atoms with Gasteiger partial charge in [-0.25, -0.2) is 5.43 Å². The average molecular weight is 473 g/mol. The summed E-state index contributed by atoms with van der Waals surface area (Å²) in [5.41, 5.74) is 4.18. The molecule has 0 aliphatic carbocycles. The van der Waals surface area contributed by atoms with Gasteiger partial charge in [0.25, 0.3) is 5.91 Å². The third kappa shape index (κ3) is 5.81. The molecule has 4 rings (SSSR count). The third-order valence-electron chi connectivity index (χ3n) is 4.94. The molecule has 4 aromatic rings. The lowest BCUT2D eigenvalue weighted by atomic mass is 10.1. The SMILES string of the molecule is C=CCn1c(CNc2cccc3ccccc23)nnc1SCC(=O)NN=Cc1cccc(O)c1. The molecule has 8 nitrogen and oxygen atoms in total. The van der Waals surface area contributed by atoms with Crippen LogP contribution in [0.2, 0.25) is 0 Å². The highest BCUT2D eigenvalue weighted by Crippen LogP contribution is 2.24. The number of phenols is 1. The van der Waals surface area contributed by atoms with Crippen LogP contribution in [0.4, 0.5) is 5.69 Å². The molecule has 0 aliphatic rings. The third-order valence-corrected chi connectivity index (χ3v) is 5.90. The number of fused-ring (bicyclic) bond motifs is 1. The maximum atomic E-state index is 12.2. The van der Waals surface area contributed by atoms with E-state index in [9.17, 15) is 9.90 Å². The number of allylic oxidation sites excluding steroid dienone is 1. The number of carbonyl (C=O) groups is 1. The second-order valence-corrected chi connectivity index (χ2v) is 8.30. The number of rotatable bonds is 10. The number of anilines is 1. The number of aromatic nitrogens is 3. The maximum absolute atomic E-state index is 12.2. The summed E-state index contributed by atoms with van der Waals surface area (Å²) in [5, 5.41) is 28.3. The molecule has 0 unspecified atom stereocenters. The molecular weight excluding hydrogens is 448 g/mol. The molecule has 0 saturated carbocycles. The second kappa shape index (κ2) is 11.2. The number of nitrogens with one attached hydrogen (secondary N) is 2. The van der Waals surface area contributed by atoms with Crippen LogP contribution in [0.25, 0.3) is 10.8 Å². The molecule has 0 spiro atoms. The zero-order chi connectivity index (χ0) is 23.8. The molecule has 3 aromatic carbocycles. The van der Waals surface area contributed by atoms with Gasteiger partial charge in [0.1, 0.15) is 5.75 Å². The largest absolute Gasteiger partial charge is 0.508 e. The number of hydrogen-bond donors (Lipinski definition) is 3. The van der Waals surface area contributed by atoms with Gasteiger partial charge in [-0.2, -0.15) is 5.10 Å². The Balaban J connectivity index is 1.37. The van der Waals surface area contributed by atoms with E-state index in [4.69, 9.17) is 0 Å². The van der Waals surface area contributed by atoms with Crippen LogP contribution in [0.5, 0.6) is 5.75 Å². The molecule has 0 saturated heterocycles. The molecule has 0 atom stereocenters. The van der Waals surface area contributed by atoms with Gasteiger partial charge in [-0.3, -0.25) is 4.79 Å². The molecule has 9 heteroatoms. The highest BCUT2D eigenvalue weighted by Gasteiger charge is 2.13. The molecule has 0 radical (unpaired) electrons. The van der Waals surface area contributed by atoms with Crippen molar-refractivity contribution in [2.75, 3.05) is 11.1 Å². The van der Waals surface area contributed by atoms with Gasteiger partial charge in [-0.1, -0.05) is 66.4 Å². The fourth-order valence-electron chi connectivity index (χ4n) is 3.37. The van der Waals surface area contributed by atoms with E-state index in [0.29, 0.717) is 23.8 Å². The quantitative estimate of drug-likeness (QED) is 0.138. The molecule has 34 heavy (non-hydrogen) atoms. The number of thioether (sulfide) groups is 1. The smallest absolute Gasteiger partial charge is 0.250 e. The molecule has 1 heterocycles. The number of carbonyl (C=O) groups excluding carboxylic acids is 1. The van der Waals surface area contributed by atoms with Crippen molar-refractivity contribution < 1.29 is 9.90 Å². The fraction of sp³-hybridized carbons (Fsp3) is 0.120. The van der Waals surface area contributed by atoms with Crippen LogP contribution < -0.4 is 10.7 Å². The van der Waals surface area contributed by atoms with Crippen LogP contribution in [-0.2, 0) is 17.9 Å². The number of benzene rings is 3. The van der Waals surface area contributed by atoms with Gasteiger partial charge in [0.2, 0.25) is 0 Å². The van der Waals surface area contributed by atoms with Crippen LogP contribution in [0.1, 0.15) is 11.4 Å². The van der Waals surface area contributed by atoms with Gasteiger partial charge in [0, 0.05) is 17.6 Å². The summed E-state index contributed by atoms with van der Waals surface area (Å²) in [6.45, 7) is 4.83. The summed E-state index contributed by atoms with van der Waals surface area (Å²) in [5.74, 6) is 0.740. The van der Waals surface area contributed by atoms with Crippen LogP contribution in [-0.4, -0.2) is 37.7 Å². The molecule has 3 N–H and O–H groups in total. The second-order valence-electron chi connectivity index (χ2n) is 7.36. The standard InChI is InChI=1S/C25H24N6O2S/c1-2-13-31-23(16-26-22-12-6-9-19-8-3-4-11-21(19)22)28-30-25(31)34-17-24(33)29-27-15-18-7-5-10-20(32)14-18/h2-12,14-15,26,32H,1,13,16-17H2,(H,29,33). The van der Waals surface area contributed by atoms with E-state index in [1.165, 1.54) is 18.0 Å². The molecule has 0 fully saturated rings. The van der Waals surface area contributed by atoms with Crippen molar-refractivity contribution in [2.45, 2.75) is 18.2 Å². The minimum atomic E-state index is -0.273. The number of nitrogens with zero attached hydrogens (tertiary/aromatic N) is 4. The summed E-state index contributed by atoms with van der Waals surface area (Å²) in [4.78, 5) is 12.2. The lowest BCUT2D eigenvalue weighted by molar-refractivity contribution is -0.118. The minimum Gasteiger partial charge on any atom is -0.508 e. The Hall–Kier alpha value is -4.11.